The molecule has 1 aromatic heterocycles. The average Bonchev–Trinajstić information content (AvgIpc) is 3.61. The number of thiazole rings is 1. The van der Waals surface area contributed by atoms with Crippen LogP contribution in [0.1, 0.15) is 41.4 Å². The molecular weight excluding hydrogens is 530 g/mol. The third kappa shape index (κ3) is 5.89. The molecule has 8 heteroatoms. The number of carbonyl (C=O) groups is 2. The van der Waals surface area contributed by atoms with E-state index in [1.165, 1.54) is 17.0 Å². The van der Waals surface area contributed by atoms with Crippen LogP contribution in [0.5, 0.6) is 0 Å². The topological polar surface area (TPSA) is 68.8 Å². The van der Waals surface area contributed by atoms with Crippen molar-refractivity contribution in [1.29, 1.82) is 0 Å². The van der Waals surface area contributed by atoms with E-state index in [0.29, 0.717) is 23.2 Å². The Morgan fingerprint density at radius 2 is 1.68 bits per heavy atom. The Kier molecular flexibility index (Phi) is 7.85. The molecule has 2 amide bonds. The second-order valence-corrected chi connectivity index (χ2v) is 12.1. The van der Waals surface area contributed by atoms with E-state index in [9.17, 15) is 9.59 Å². The molecule has 1 fully saturated rings. The molecule has 6 rings (SSSR count). The van der Waals surface area contributed by atoms with Crippen LogP contribution < -0.4 is 10.2 Å². The van der Waals surface area contributed by atoms with Gasteiger partial charge in [-0.05, 0) is 46.4 Å². The van der Waals surface area contributed by atoms with Gasteiger partial charge in [0.2, 0.25) is 0 Å². The number of hydrogen-bond acceptors (Lipinski definition) is 6. The first-order chi connectivity index (χ1) is 20.0. The summed E-state index contributed by atoms with van der Waals surface area (Å²) in [5.74, 6) is 0.283. The fourth-order valence-corrected chi connectivity index (χ4v) is 6.38. The number of aromatic nitrogens is 1. The summed E-state index contributed by atoms with van der Waals surface area (Å²) < 4.78 is 0. The highest BCUT2D eigenvalue weighted by atomic mass is 32.1. The molecule has 0 bridgehead atoms. The highest BCUT2D eigenvalue weighted by Gasteiger charge is 2.37. The number of hydrogen-bond donors (Lipinski definition) is 1. The Hall–Kier alpha value is -4.01. The predicted octanol–water partition coefficient (Wildman–Crippen LogP) is 5.92. The third-order valence-electron chi connectivity index (χ3n) is 7.84. The number of nitrogens with one attached hydrogen (secondary N) is 1. The van der Waals surface area contributed by atoms with E-state index in [0.717, 1.165) is 55.0 Å². The van der Waals surface area contributed by atoms with Crippen LogP contribution in [0.3, 0.4) is 0 Å². The lowest BCUT2D eigenvalue weighted by Gasteiger charge is -2.36. The molecule has 0 radical (unpaired) electrons. The molecule has 1 atom stereocenters. The summed E-state index contributed by atoms with van der Waals surface area (Å²) in [5.41, 5.74) is 5.65. The molecule has 2 aliphatic heterocycles. The Bertz CT molecular complexity index is 1500. The van der Waals surface area contributed by atoms with E-state index in [1.54, 1.807) is 11.1 Å². The number of piperazine rings is 1. The number of benzene rings is 3. The van der Waals surface area contributed by atoms with Gasteiger partial charge in [0, 0.05) is 62.1 Å². The van der Waals surface area contributed by atoms with Gasteiger partial charge in [0.1, 0.15) is 6.04 Å². The molecule has 41 heavy (non-hydrogen) atoms. The zero-order valence-electron chi connectivity index (χ0n) is 23.5. The lowest BCUT2D eigenvalue weighted by molar-refractivity contribution is -0.120. The molecule has 7 nitrogen and oxygen atoms in total. The Balaban J connectivity index is 1.19. The fraction of sp³-hybridized carbons (Fsp3) is 0.303. The number of nitrogens with zero attached hydrogens (tertiary/aromatic N) is 4. The van der Waals surface area contributed by atoms with Crippen molar-refractivity contribution in [2.75, 3.05) is 42.9 Å². The van der Waals surface area contributed by atoms with Crippen molar-refractivity contribution in [2.24, 2.45) is 5.92 Å². The van der Waals surface area contributed by atoms with Gasteiger partial charge in [-0.1, -0.05) is 68.4 Å². The summed E-state index contributed by atoms with van der Waals surface area (Å²) in [6, 6.07) is 23.4. The maximum Gasteiger partial charge on any atom is 0.255 e. The first kappa shape index (κ1) is 27.2. The van der Waals surface area contributed by atoms with Gasteiger partial charge in [-0.15, -0.1) is 11.3 Å². The molecule has 2 aliphatic rings. The fourth-order valence-electron chi connectivity index (χ4n) is 5.85. The Morgan fingerprint density at radius 3 is 2.37 bits per heavy atom. The van der Waals surface area contributed by atoms with Gasteiger partial charge in [0.15, 0.2) is 5.13 Å². The van der Waals surface area contributed by atoms with Gasteiger partial charge in [0.05, 0.1) is 0 Å². The normalized spacial score (nSPS) is 16.2. The quantitative estimate of drug-likeness (QED) is 0.287. The second kappa shape index (κ2) is 11.8. The van der Waals surface area contributed by atoms with Gasteiger partial charge in [-0.2, -0.15) is 0 Å². The number of carbonyl (C=O) groups excluding carboxylic acids is 2. The summed E-state index contributed by atoms with van der Waals surface area (Å²) in [6.45, 7) is 10.3. The molecule has 3 aromatic carbocycles. The van der Waals surface area contributed by atoms with Crippen LogP contribution in [0.15, 0.2) is 84.4 Å². The van der Waals surface area contributed by atoms with Gasteiger partial charge < -0.3 is 9.80 Å². The summed E-state index contributed by atoms with van der Waals surface area (Å²) in [6.07, 6.45) is 1.65. The van der Waals surface area contributed by atoms with Crippen LogP contribution in [0.4, 0.5) is 10.8 Å². The molecule has 0 aliphatic carbocycles. The largest absolute Gasteiger partial charge is 0.369 e. The summed E-state index contributed by atoms with van der Waals surface area (Å²) in [5, 5.41) is 5.22. The maximum atomic E-state index is 13.8. The number of amides is 2. The van der Waals surface area contributed by atoms with Gasteiger partial charge in [-0.25, -0.2) is 4.98 Å². The Labute approximate surface area is 245 Å². The van der Waals surface area contributed by atoms with E-state index in [1.807, 2.05) is 47.8 Å². The summed E-state index contributed by atoms with van der Waals surface area (Å²) in [4.78, 5) is 38.1. The summed E-state index contributed by atoms with van der Waals surface area (Å²) >= 11 is 1.35. The van der Waals surface area contributed by atoms with Crippen LogP contribution in [-0.2, 0) is 11.3 Å². The van der Waals surface area contributed by atoms with Crippen molar-refractivity contribution in [1.82, 2.24) is 14.8 Å². The molecule has 210 valence electrons. The zero-order chi connectivity index (χ0) is 28.3. The lowest BCUT2D eigenvalue weighted by Crippen LogP contribution is -2.47. The van der Waals surface area contributed by atoms with Crippen molar-refractivity contribution in [3.05, 3.63) is 101 Å². The predicted molar refractivity (Wildman–Crippen MR) is 165 cm³/mol. The molecule has 0 saturated carbocycles. The highest BCUT2D eigenvalue weighted by molar-refractivity contribution is 7.13. The molecule has 1 unspecified atom stereocenters. The standard InChI is InChI=1S/C33H35N5O2S/c1-23(2)21-36-15-17-37(18-16-36)28-12-10-24(11-13-28)26-8-9-27-22-38(32(40)29(27)20-26)30(25-6-4-3-5-7-25)31(39)35-33-34-14-19-41-33/h3-14,19-20,23,30H,15-18,21-22H2,1-2H3,(H,34,35,39). The first-order valence-electron chi connectivity index (χ1n) is 14.2. The van der Waals surface area contributed by atoms with E-state index in [-0.39, 0.29) is 11.8 Å². The van der Waals surface area contributed by atoms with Gasteiger partial charge in [0.25, 0.3) is 11.8 Å². The van der Waals surface area contributed by atoms with E-state index >= 15 is 0 Å². The van der Waals surface area contributed by atoms with E-state index in [4.69, 9.17) is 0 Å². The van der Waals surface area contributed by atoms with Gasteiger partial charge >= 0.3 is 0 Å². The molecular formula is C33H35N5O2S. The maximum absolute atomic E-state index is 13.8. The van der Waals surface area contributed by atoms with E-state index in [2.05, 4.69) is 64.3 Å². The van der Waals surface area contributed by atoms with Crippen LogP contribution in [0, 0.1) is 5.92 Å². The first-order valence-corrected chi connectivity index (χ1v) is 15.1. The van der Waals surface area contributed by atoms with Crippen LogP contribution in [-0.4, -0.2) is 59.3 Å². The van der Waals surface area contributed by atoms with E-state index < -0.39 is 6.04 Å². The SMILES string of the molecule is CC(C)CN1CCN(c2ccc(-c3ccc4c(c3)C(=O)N(C(C(=O)Nc3nccs3)c3ccccc3)C4)cc2)CC1. The molecule has 0 spiro atoms. The van der Waals surface area contributed by atoms with Crippen LogP contribution in [0.2, 0.25) is 0 Å². The van der Waals surface area contributed by atoms with Crippen LogP contribution >= 0.6 is 11.3 Å². The smallest absolute Gasteiger partial charge is 0.255 e. The van der Waals surface area contributed by atoms with Crippen molar-refractivity contribution in [3.63, 3.8) is 0 Å². The number of rotatable bonds is 8. The van der Waals surface area contributed by atoms with Crippen molar-refractivity contribution >= 4 is 34.0 Å². The lowest BCUT2D eigenvalue weighted by atomic mass is 10.00. The van der Waals surface area contributed by atoms with Gasteiger partial charge in [-0.3, -0.25) is 19.8 Å². The molecule has 1 N–H and O–H groups in total. The summed E-state index contributed by atoms with van der Waals surface area (Å²) in [7, 11) is 0. The molecule has 4 aromatic rings. The monoisotopic (exact) mass is 565 g/mol. The second-order valence-electron chi connectivity index (χ2n) is 11.2. The average molecular weight is 566 g/mol. The molecule has 3 heterocycles. The van der Waals surface area contributed by atoms with Crippen molar-refractivity contribution in [2.45, 2.75) is 26.4 Å². The minimum atomic E-state index is -0.760. The van der Waals surface area contributed by atoms with Crippen molar-refractivity contribution in [3.8, 4) is 11.1 Å². The Morgan fingerprint density at radius 1 is 0.951 bits per heavy atom. The molecule has 1 saturated heterocycles. The number of fused-ring (bicyclic) bond motifs is 1. The zero-order valence-corrected chi connectivity index (χ0v) is 24.3. The van der Waals surface area contributed by atoms with Crippen molar-refractivity contribution < 1.29 is 9.59 Å². The minimum Gasteiger partial charge on any atom is -0.369 e. The van der Waals surface area contributed by atoms with Crippen LogP contribution in [0.25, 0.3) is 11.1 Å². The minimum absolute atomic E-state index is 0.138. The highest BCUT2D eigenvalue weighted by Crippen LogP contribution is 2.35. The number of anilines is 2. The third-order valence-corrected chi connectivity index (χ3v) is 8.53.